The molecule has 90 valence electrons. The fourth-order valence-corrected chi connectivity index (χ4v) is 2.25. The predicted molar refractivity (Wildman–Crippen MR) is 74.6 cm³/mol. The van der Waals surface area contributed by atoms with Crippen LogP contribution in [-0.4, -0.2) is 20.2 Å². The second-order valence-corrected chi connectivity index (χ2v) is 4.36. The van der Waals surface area contributed by atoms with Gasteiger partial charge in [0, 0.05) is 11.6 Å². The van der Waals surface area contributed by atoms with Gasteiger partial charge in [0.05, 0.1) is 22.2 Å². The number of pyridine rings is 2. The van der Waals surface area contributed by atoms with Crippen LogP contribution >= 0.6 is 0 Å². The van der Waals surface area contributed by atoms with Crippen molar-refractivity contribution in [2.75, 3.05) is 0 Å². The number of para-hydroxylation sites is 1. The van der Waals surface area contributed by atoms with Gasteiger partial charge in [-0.2, -0.15) is 5.10 Å². The van der Waals surface area contributed by atoms with Crippen LogP contribution in [-0.2, 0) is 0 Å². The lowest BCUT2D eigenvalue weighted by Crippen LogP contribution is -1.87. The summed E-state index contributed by atoms with van der Waals surface area (Å²) < 4.78 is 0. The van der Waals surface area contributed by atoms with E-state index in [0.29, 0.717) is 0 Å². The van der Waals surface area contributed by atoms with Crippen LogP contribution in [0.1, 0.15) is 0 Å². The number of fused-ring (bicyclic) bond motifs is 2. The van der Waals surface area contributed by atoms with Crippen molar-refractivity contribution in [3.63, 3.8) is 0 Å². The molecule has 0 aliphatic rings. The molecule has 0 fully saturated rings. The minimum absolute atomic E-state index is 0.859. The SMILES string of the molecule is c1cnc2ccc(-c3n[nH]c4ccccc34)nc2c1. The Bertz CT molecular complexity index is 879. The Kier molecular flexibility index (Phi) is 2.08. The van der Waals surface area contributed by atoms with Gasteiger partial charge in [-0.05, 0) is 30.3 Å². The Labute approximate surface area is 109 Å². The first kappa shape index (κ1) is 10.2. The maximum absolute atomic E-state index is 4.62. The van der Waals surface area contributed by atoms with E-state index in [1.807, 2.05) is 48.5 Å². The average Bonchev–Trinajstić information content (AvgIpc) is 2.91. The van der Waals surface area contributed by atoms with Crippen molar-refractivity contribution in [1.82, 2.24) is 20.2 Å². The van der Waals surface area contributed by atoms with Crippen molar-refractivity contribution < 1.29 is 0 Å². The third-order valence-corrected chi connectivity index (χ3v) is 3.17. The van der Waals surface area contributed by atoms with Crippen LogP contribution in [0.3, 0.4) is 0 Å². The van der Waals surface area contributed by atoms with Crippen molar-refractivity contribution in [2.24, 2.45) is 0 Å². The molecule has 0 spiro atoms. The van der Waals surface area contributed by atoms with E-state index in [1.54, 1.807) is 6.20 Å². The molecule has 1 aromatic carbocycles. The molecule has 3 heterocycles. The summed E-state index contributed by atoms with van der Waals surface area (Å²) in [6.07, 6.45) is 1.77. The molecule has 0 unspecified atom stereocenters. The number of H-pyrrole nitrogens is 1. The minimum Gasteiger partial charge on any atom is -0.277 e. The third kappa shape index (κ3) is 1.57. The molecule has 4 heteroatoms. The smallest absolute Gasteiger partial charge is 0.118 e. The van der Waals surface area contributed by atoms with E-state index in [1.165, 1.54) is 0 Å². The van der Waals surface area contributed by atoms with E-state index in [2.05, 4.69) is 20.2 Å². The highest BCUT2D eigenvalue weighted by molar-refractivity contribution is 5.92. The second-order valence-electron chi connectivity index (χ2n) is 4.36. The Morgan fingerprint density at radius 3 is 2.79 bits per heavy atom. The lowest BCUT2D eigenvalue weighted by Gasteiger charge is -2.00. The zero-order valence-electron chi connectivity index (χ0n) is 10.0. The molecule has 0 saturated carbocycles. The lowest BCUT2D eigenvalue weighted by molar-refractivity contribution is 1.11. The van der Waals surface area contributed by atoms with Crippen molar-refractivity contribution in [3.05, 3.63) is 54.7 Å². The van der Waals surface area contributed by atoms with Gasteiger partial charge >= 0.3 is 0 Å². The molecular formula is C15H10N4. The van der Waals surface area contributed by atoms with Gasteiger partial charge < -0.3 is 0 Å². The minimum atomic E-state index is 0.859. The van der Waals surface area contributed by atoms with Gasteiger partial charge in [0.15, 0.2) is 0 Å². The Balaban J connectivity index is 1.99. The summed E-state index contributed by atoms with van der Waals surface area (Å²) in [7, 11) is 0. The predicted octanol–water partition coefficient (Wildman–Crippen LogP) is 3.17. The zero-order valence-corrected chi connectivity index (χ0v) is 10.0. The van der Waals surface area contributed by atoms with E-state index >= 15 is 0 Å². The number of hydrogen-bond donors (Lipinski definition) is 1. The highest BCUT2D eigenvalue weighted by Gasteiger charge is 2.09. The van der Waals surface area contributed by atoms with Gasteiger partial charge in [-0.25, -0.2) is 4.98 Å². The average molecular weight is 246 g/mol. The number of nitrogens with one attached hydrogen (secondary N) is 1. The quantitative estimate of drug-likeness (QED) is 0.561. The van der Waals surface area contributed by atoms with Crippen molar-refractivity contribution >= 4 is 21.9 Å². The number of aromatic amines is 1. The molecule has 4 rings (SSSR count). The Hall–Kier alpha value is -2.75. The molecule has 19 heavy (non-hydrogen) atoms. The van der Waals surface area contributed by atoms with Gasteiger partial charge in [0.2, 0.25) is 0 Å². The Morgan fingerprint density at radius 2 is 1.79 bits per heavy atom. The lowest BCUT2D eigenvalue weighted by atomic mass is 10.1. The van der Waals surface area contributed by atoms with Crippen LogP contribution in [0.15, 0.2) is 54.7 Å². The summed E-state index contributed by atoms with van der Waals surface area (Å²) >= 11 is 0. The largest absolute Gasteiger partial charge is 0.277 e. The molecule has 0 aliphatic heterocycles. The zero-order chi connectivity index (χ0) is 12.7. The van der Waals surface area contributed by atoms with E-state index in [-0.39, 0.29) is 0 Å². The van der Waals surface area contributed by atoms with Crippen LogP contribution in [0.25, 0.3) is 33.3 Å². The van der Waals surface area contributed by atoms with Crippen molar-refractivity contribution in [3.8, 4) is 11.4 Å². The molecule has 3 aromatic heterocycles. The summed E-state index contributed by atoms with van der Waals surface area (Å²) in [5.41, 5.74) is 4.53. The second kappa shape index (κ2) is 3.88. The number of nitrogens with zero attached hydrogens (tertiary/aromatic N) is 3. The molecule has 0 radical (unpaired) electrons. The standard InChI is InChI=1S/C15H10N4/c1-2-5-11-10(4-1)15(19-18-11)14-8-7-12-13(17-14)6-3-9-16-12/h1-9H,(H,18,19). The van der Waals surface area contributed by atoms with Gasteiger partial charge in [0.25, 0.3) is 0 Å². The number of aromatic nitrogens is 4. The maximum Gasteiger partial charge on any atom is 0.118 e. The highest BCUT2D eigenvalue weighted by atomic mass is 15.1. The molecule has 0 bridgehead atoms. The Morgan fingerprint density at radius 1 is 0.842 bits per heavy atom. The van der Waals surface area contributed by atoms with E-state index in [9.17, 15) is 0 Å². The van der Waals surface area contributed by atoms with Crippen LogP contribution in [0, 0.1) is 0 Å². The summed E-state index contributed by atoms with van der Waals surface area (Å²) in [4.78, 5) is 8.90. The van der Waals surface area contributed by atoms with Gasteiger partial charge in [-0.1, -0.05) is 18.2 Å². The van der Waals surface area contributed by atoms with Gasteiger partial charge in [-0.3, -0.25) is 10.1 Å². The van der Waals surface area contributed by atoms with Crippen molar-refractivity contribution in [2.45, 2.75) is 0 Å². The fraction of sp³-hybridized carbons (Fsp3) is 0. The van der Waals surface area contributed by atoms with Gasteiger partial charge in [-0.15, -0.1) is 0 Å². The summed E-state index contributed by atoms with van der Waals surface area (Å²) in [5.74, 6) is 0. The molecule has 1 N–H and O–H groups in total. The molecule has 0 atom stereocenters. The topological polar surface area (TPSA) is 54.5 Å². The fourth-order valence-electron chi connectivity index (χ4n) is 2.25. The van der Waals surface area contributed by atoms with E-state index in [4.69, 9.17) is 0 Å². The first-order chi connectivity index (χ1) is 9.42. The first-order valence-corrected chi connectivity index (χ1v) is 6.07. The van der Waals surface area contributed by atoms with Crippen LogP contribution < -0.4 is 0 Å². The molecule has 0 aliphatic carbocycles. The van der Waals surface area contributed by atoms with Crippen LogP contribution in [0.4, 0.5) is 0 Å². The van der Waals surface area contributed by atoms with Crippen LogP contribution in [0.2, 0.25) is 0 Å². The summed E-state index contributed by atoms with van der Waals surface area (Å²) in [6, 6.07) is 15.8. The molecule has 0 saturated heterocycles. The van der Waals surface area contributed by atoms with Gasteiger partial charge in [0.1, 0.15) is 5.69 Å². The van der Waals surface area contributed by atoms with E-state index in [0.717, 1.165) is 33.3 Å². The third-order valence-electron chi connectivity index (χ3n) is 3.17. The normalized spacial score (nSPS) is 11.2. The highest BCUT2D eigenvalue weighted by Crippen LogP contribution is 2.25. The molecule has 4 nitrogen and oxygen atoms in total. The summed E-state index contributed by atoms with van der Waals surface area (Å²) in [6.45, 7) is 0. The number of rotatable bonds is 1. The van der Waals surface area contributed by atoms with Crippen LogP contribution in [0.5, 0.6) is 0 Å². The monoisotopic (exact) mass is 246 g/mol. The first-order valence-electron chi connectivity index (χ1n) is 6.07. The summed E-state index contributed by atoms with van der Waals surface area (Å²) in [5, 5.41) is 8.48. The molecule has 0 amide bonds. The maximum atomic E-state index is 4.62. The molecular weight excluding hydrogens is 236 g/mol. The van der Waals surface area contributed by atoms with Crippen molar-refractivity contribution in [1.29, 1.82) is 0 Å². The number of hydrogen-bond acceptors (Lipinski definition) is 3. The number of benzene rings is 1. The molecule has 4 aromatic rings. The van der Waals surface area contributed by atoms with E-state index < -0.39 is 0 Å².